The molecular weight excluding hydrogens is 270 g/mol. The molecule has 21 heavy (non-hydrogen) atoms. The summed E-state index contributed by atoms with van der Waals surface area (Å²) in [5.74, 6) is 0.434. The number of nitro groups is 1. The van der Waals surface area contributed by atoms with Crippen LogP contribution in [-0.2, 0) is 6.42 Å². The van der Waals surface area contributed by atoms with Crippen molar-refractivity contribution in [1.29, 1.82) is 0 Å². The molecule has 0 bridgehead atoms. The van der Waals surface area contributed by atoms with Gasteiger partial charge in [0.2, 0.25) is 0 Å². The number of ether oxygens (including phenoxy) is 1. The zero-order valence-corrected chi connectivity index (χ0v) is 11.8. The van der Waals surface area contributed by atoms with Crippen LogP contribution in [0.3, 0.4) is 0 Å². The molecule has 0 N–H and O–H groups in total. The van der Waals surface area contributed by atoms with Gasteiger partial charge in [0.15, 0.2) is 5.78 Å². The smallest absolute Gasteiger partial charge is 0.280 e. The van der Waals surface area contributed by atoms with Crippen molar-refractivity contribution in [3.05, 3.63) is 69.3 Å². The lowest BCUT2D eigenvalue weighted by atomic mass is 10.00. The van der Waals surface area contributed by atoms with E-state index in [9.17, 15) is 14.9 Å². The van der Waals surface area contributed by atoms with Crippen LogP contribution in [0, 0.1) is 17.0 Å². The van der Waals surface area contributed by atoms with Gasteiger partial charge in [0.05, 0.1) is 17.6 Å². The van der Waals surface area contributed by atoms with Gasteiger partial charge in [0, 0.05) is 12.5 Å². The first-order valence-electron chi connectivity index (χ1n) is 6.42. The minimum atomic E-state index is -0.527. The summed E-state index contributed by atoms with van der Waals surface area (Å²) in [7, 11) is 1.57. The molecule has 0 atom stereocenters. The Bertz CT molecular complexity index is 677. The van der Waals surface area contributed by atoms with Crippen molar-refractivity contribution >= 4 is 11.5 Å². The van der Waals surface area contributed by atoms with Crippen LogP contribution in [0.4, 0.5) is 5.69 Å². The van der Waals surface area contributed by atoms with E-state index in [-0.39, 0.29) is 23.5 Å². The number of rotatable bonds is 5. The maximum Gasteiger partial charge on any atom is 0.280 e. The number of ketones is 1. The molecule has 0 aromatic heterocycles. The second-order valence-corrected chi connectivity index (χ2v) is 4.73. The molecule has 0 saturated heterocycles. The van der Waals surface area contributed by atoms with Gasteiger partial charge in [-0.25, -0.2) is 0 Å². The summed E-state index contributed by atoms with van der Waals surface area (Å²) in [5, 5.41) is 11.0. The number of benzene rings is 2. The van der Waals surface area contributed by atoms with Crippen molar-refractivity contribution in [2.45, 2.75) is 13.3 Å². The van der Waals surface area contributed by atoms with Crippen LogP contribution >= 0.6 is 0 Å². The zero-order chi connectivity index (χ0) is 15.4. The van der Waals surface area contributed by atoms with Gasteiger partial charge in [-0.05, 0) is 36.2 Å². The molecule has 0 aliphatic rings. The molecule has 2 aromatic rings. The highest BCUT2D eigenvalue weighted by molar-refractivity contribution is 6.01. The Morgan fingerprint density at radius 3 is 2.43 bits per heavy atom. The average molecular weight is 285 g/mol. The van der Waals surface area contributed by atoms with E-state index in [4.69, 9.17) is 4.74 Å². The maximum atomic E-state index is 12.3. The molecule has 0 amide bonds. The Morgan fingerprint density at radius 2 is 1.86 bits per heavy atom. The van der Waals surface area contributed by atoms with Crippen LogP contribution in [-0.4, -0.2) is 17.8 Å². The number of hydrogen-bond acceptors (Lipinski definition) is 4. The Hall–Kier alpha value is -2.69. The van der Waals surface area contributed by atoms with E-state index >= 15 is 0 Å². The van der Waals surface area contributed by atoms with E-state index in [1.54, 1.807) is 50.4 Å². The van der Waals surface area contributed by atoms with Crippen molar-refractivity contribution in [3.8, 4) is 5.75 Å². The standard InChI is InChI=1S/C16H15NO4/c1-11-3-8-15(17(19)20)14(9-11)16(18)10-12-4-6-13(21-2)7-5-12/h3-9H,10H2,1-2H3. The lowest BCUT2D eigenvalue weighted by Crippen LogP contribution is -2.07. The minimum Gasteiger partial charge on any atom is -0.497 e. The van der Waals surface area contributed by atoms with E-state index in [0.29, 0.717) is 5.75 Å². The molecule has 0 saturated carbocycles. The highest BCUT2D eigenvalue weighted by atomic mass is 16.6. The molecule has 0 aliphatic carbocycles. The van der Waals surface area contributed by atoms with Gasteiger partial charge in [-0.15, -0.1) is 0 Å². The van der Waals surface area contributed by atoms with Crippen LogP contribution in [0.5, 0.6) is 5.75 Å². The number of nitrogens with zero attached hydrogens (tertiary/aromatic N) is 1. The van der Waals surface area contributed by atoms with E-state index in [1.807, 2.05) is 0 Å². The number of nitro benzene ring substituents is 1. The van der Waals surface area contributed by atoms with Gasteiger partial charge >= 0.3 is 0 Å². The van der Waals surface area contributed by atoms with Crippen LogP contribution in [0.1, 0.15) is 21.5 Å². The fourth-order valence-electron chi connectivity index (χ4n) is 2.06. The second-order valence-electron chi connectivity index (χ2n) is 4.73. The Kier molecular flexibility index (Phi) is 4.33. The fourth-order valence-corrected chi connectivity index (χ4v) is 2.06. The number of carbonyl (C=O) groups is 1. The summed E-state index contributed by atoms with van der Waals surface area (Å²) in [4.78, 5) is 22.8. The molecular formula is C16H15NO4. The van der Waals surface area contributed by atoms with Crippen LogP contribution < -0.4 is 4.74 Å². The van der Waals surface area contributed by atoms with Crippen molar-refractivity contribution < 1.29 is 14.5 Å². The number of hydrogen-bond donors (Lipinski definition) is 0. The van der Waals surface area contributed by atoms with Crippen LogP contribution in [0.2, 0.25) is 0 Å². The lowest BCUT2D eigenvalue weighted by Gasteiger charge is -2.05. The summed E-state index contributed by atoms with van der Waals surface area (Å²) in [6.07, 6.45) is 0.119. The Morgan fingerprint density at radius 1 is 1.19 bits per heavy atom. The van der Waals surface area contributed by atoms with E-state index in [1.165, 1.54) is 6.07 Å². The molecule has 0 fully saturated rings. The van der Waals surface area contributed by atoms with Gasteiger partial charge in [-0.2, -0.15) is 0 Å². The van der Waals surface area contributed by atoms with Crippen molar-refractivity contribution in [2.24, 2.45) is 0 Å². The fraction of sp³-hybridized carbons (Fsp3) is 0.188. The molecule has 2 rings (SSSR count). The molecule has 108 valence electrons. The van der Waals surface area contributed by atoms with Crippen LogP contribution in [0.25, 0.3) is 0 Å². The second kappa shape index (κ2) is 6.17. The predicted octanol–water partition coefficient (Wildman–Crippen LogP) is 3.34. The van der Waals surface area contributed by atoms with Gasteiger partial charge in [0.1, 0.15) is 5.75 Å². The number of Topliss-reactive ketones (excluding diaryl/α,β-unsaturated/α-hetero) is 1. The SMILES string of the molecule is COc1ccc(CC(=O)c2cc(C)ccc2[N+](=O)[O-])cc1. The normalized spacial score (nSPS) is 10.2. The summed E-state index contributed by atoms with van der Waals surface area (Å²) in [6, 6.07) is 11.6. The Labute approximate surface area is 122 Å². The topological polar surface area (TPSA) is 69.4 Å². The summed E-state index contributed by atoms with van der Waals surface area (Å²) in [6.45, 7) is 1.80. The average Bonchev–Trinajstić information content (AvgIpc) is 2.47. The lowest BCUT2D eigenvalue weighted by molar-refractivity contribution is -0.385. The van der Waals surface area contributed by atoms with Gasteiger partial charge in [0.25, 0.3) is 5.69 Å². The molecule has 0 spiro atoms. The molecule has 0 aliphatic heterocycles. The van der Waals surface area contributed by atoms with E-state index < -0.39 is 4.92 Å². The minimum absolute atomic E-state index is 0.119. The van der Waals surface area contributed by atoms with Gasteiger partial charge in [-0.1, -0.05) is 18.2 Å². The van der Waals surface area contributed by atoms with Crippen LogP contribution in [0.15, 0.2) is 42.5 Å². The third-order valence-corrected chi connectivity index (χ3v) is 3.17. The third-order valence-electron chi connectivity index (χ3n) is 3.17. The van der Waals surface area contributed by atoms with Crippen molar-refractivity contribution in [1.82, 2.24) is 0 Å². The zero-order valence-electron chi connectivity index (χ0n) is 11.8. The molecule has 0 radical (unpaired) electrons. The van der Waals surface area contributed by atoms with Gasteiger partial charge < -0.3 is 4.74 Å². The number of methoxy groups -OCH3 is 1. The highest BCUT2D eigenvalue weighted by Gasteiger charge is 2.20. The Balaban J connectivity index is 2.27. The molecule has 0 unspecified atom stereocenters. The van der Waals surface area contributed by atoms with Gasteiger partial charge in [-0.3, -0.25) is 14.9 Å². The summed E-state index contributed by atoms with van der Waals surface area (Å²) < 4.78 is 5.05. The van der Waals surface area contributed by atoms with Crippen molar-refractivity contribution in [2.75, 3.05) is 7.11 Å². The molecule has 0 heterocycles. The molecule has 2 aromatic carbocycles. The summed E-state index contributed by atoms with van der Waals surface area (Å²) in [5.41, 5.74) is 1.60. The first-order chi connectivity index (χ1) is 10.0. The monoisotopic (exact) mass is 285 g/mol. The largest absolute Gasteiger partial charge is 0.497 e. The van der Waals surface area contributed by atoms with E-state index in [0.717, 1.165) is 11.1 Å². The first-order valence-corrected chi connectivity index (χ1v) is 6.42. The maximum absolute atomic E-state index is 12.3. The highest BCUT2D eigenvalue weighted by Crippen LogP contribution is 2.22. The summed E-state index contributed by atoms with van der Waals surface area (Å²) >= 11 is 0. The van der Waals surface area contributed by atoms with Crippen molar-refractivity contribution in [3.63, 3.8) is 0 Å². The van der Waals surface area contributed by atoms with E-state index in [2.05, 4.69) is 0 Å². The number of aryl methyl sites for hydroxylation is 1. The predicted molar refractivity (Wildman–Crippen MR) is 78.9 cm³/mol. The molecule has 5 heteroatoms. The quantitative estimate of drug-likeness (QED) is 0.480. The number of carbonyl (C=O) groups excluding carboxylic acids is 1. The molecule has 5 nitrogen and oxygen atoms in total. The first kappa shape index (κ1) is 14.7. The third kappa shape index (κ3) is 3.45.